The van der Waals surface area contributed by atoms with Gasteiger partial charge in [-0.3, -0.25) is 4.79 Å². The third-order valence-electron chi connectivity index (χ3n) is 2.99. The van der Waals surface area contributed by atoms with Crippen LogP contribution in [0.25, 0.3) is 0 Å². The molecule has 0 bridgehead atoms. The van der Waals surface area contributed by atoms with E-state index in [1.807, 2.05) is 6.92 Å². The third-order valence-corrected chi connectivity index (χ3v) is 2.99. The monoisotopic (exact) mass is 251 g/mol. The molecule has 6 N–H and O–H groups in total. The molecule has 0 fully saturated rings. The molecule has 0 radical (unpaired) electrons. The summed E-state index contributed by atoms with van der Waals surface area (Å²) in [6.45, 7) is 2.71. The number of rotatable bonds is 6. The zero-order valence-electron chi connectivity index (χ0n) is 10.6. The molecule has 5 nitrogen and oxygen atoms in total. The molecule has 0 saturated carbocycles. The van der Waals surface area contributed by atoms with Crippen LogP contribution < -0.4 is 16.8 Å². The van der Waals surface area contributed by atoms with Gasteiger partial charge >= 0.3 is 0 Å². The Morgan fingerprint density at radius 1 is 1.44 bits per heavy atom. The molecule has 1 amide bonds. The molecular weight excluding hydrogens is 230 g/mol. The minimum atomic E-state index is -0.205. The number of carbonyl (C=O) groups is 1. The Morgan fingerprint density at radius 2 is 2.17 bits per heavy atom. The predicted molar refractivity (Wildman–Crippen MR) is 73.1 cm³/mol. The zero-order valence-corrected chi connectivity index (χ0v) is 10.6. The van der Waals surface area contributed by atoms with Gasteiger partial charge in [0.25, 0.3) is 5.91 Å². The first kappa shape index (κ1) is 14.3. The molecule has 1 atom stereocenters. The quantitative estimate of drug-likeness (QED) is 0.566. The predicted octanol–water partition coefficient (Wildman–Crippen LogP) is 0.989. The van der Waals surface area contributed by atoms with E-state index in [1.54, 1.807) is 18.2 Å². The molecule has 0 aliphatic rings. The average Bonchev–Trinajstić information content (AvgIpc) is 2.34. The maximum Gasteiger partial charge on any atom is 0.253 e. The Hall–Kier alpha value is -1.75. The van der Waals surface area contributed by atoms with Crippen LogP contribution in [0.1, 0.15) is 30.1 Å². The smallest absolute Gasteiger partial charge is 0.253 e. The minimum Gasteiger partial charge on any atom is -0.399 e. The number of carbonyl (C=O) groups excluding carboxylic acids is 1. The van der Waals surface area contributed by atoms with Gasteiger partial charge in [0.1, 0.15) is 0 Å². The van der Waals surface area contributed by atoms with Crippen LogP contribution in [0, 0.1) is 5.92 Å². The highest BCUT2D eigenvalue weighted by Crippen LogP contribution is 2.15. The molecule has 1 unspecified atom stereocenters. The van der Waals surface area contributed by atoms with Crippen molar-refractivity contribution in [1.29, 1.82) is 0 Å². The van der Waals surface area contributed by atoms with Crippen molar-refractivity contribution in [2.24, 2.45) is 5.92 Å². The molecule has 0 aliphatic heterocycles. The first-order valence-electron chi connectivity index (χ1n) is 6.12. The van der Waals surface area contributed by atoms with Gasteiger partial charge in [-0.05, 0) is 30.5 Å². The van der Waals surface area contributed by atoms with E-state index in [0.29, 0.717) is 29.9 Å². The van der Waals surface area contributed by atoms with Crippen molar-refractivity contribution in [2.45, 2.75) is 19.8 Å². The first-order valence-corrected chi connectivity index (χ1v) is 6.12. The highest BCUT2D eigenvalue weighted by atomic mass is 16.3. The number of aliphatic hydroxyl groups excluding tert-OH is 1. The summed E-state index contributed by atoms with van der Waals surface area (Å²) in [7, 11) is 0. The number of amides is 1. The van der Waals surface area contributed by atoms with Gasteiger partial charge in [0.05, 0.1) is 5.56 Å². The minimum absolute atomic E-state index is 0.137. The van der Waals surface area contributed by atoms with E-state index >= 15 is 0 Å². The fourth-order valence-corrected chi connectivity index (χ4v) is 1.75. The van der Waals surface area contributed by atoms with Gasteiger partial charge in [0, 0.05) is 24.5 Å². The van der Waals surface area contributed by atoms with Crippen LogP contribution in [-0.2, 0) is 0 Å². The normalized spacial score (nSPS) is 12.1. The van der Waals surface area contributed by atoms with Gasteiger partial charge < -0.3 is 21.9 Å². The summed E-state index contributed by atoms with van der Waals surface area (Å²) in [6, 6.07) is 4.84. The van der Waals surface area contributed by atoms with E-state index < -0.39 is 0 Å². The fourth-order valence-electron chi connectivity index (χ4n) is 1.75. The van der Waals surface area contributed by atoms with Gasteiger partial charge in [0.15, 0.2) is 0 Å². The number of aliphatic hydroxyl groups is 1. The number of benzene rings is 1. The lowest BCUT2D eigenvalue weighted by atomic mass is 10.0. The van der Waals surface area contributed by atoms with E-state index in [2.05, 4.69) is 5.32 Å². The molecule has 0 aromatic heterocycles. The Labute approximate surface area is 107 Å². The largest absolute Gasteiger partial charge is 0.399 e. The second kappa shape index (κ2) is 6.86. The number of anilines is 2. The van der Waals surface area contributed by atoms with E-state index in [0.717, 1.165) is 6.42 Å². The molecule has 1 aromatic rings. The Balaban J connectivity index is 2.59. The Kier molecular flexibility index (Phi) is 5.45. The van der Waals surface area contributed by atoms with Gasteiger partial charge in [-0.15, -0.1) is 0 Å². The molecule has 1 aromatic carbocycles. The lowest BCUT2D eigenvalue weighted by Gasteiger charge is -2.15. The van der Waals surface area contributed by atoms with Gasteiger partial charge in [0.2, 0.25) is 0 Å². The van der Waals surface area contributed by atoms with Gasteiger partial charge in [-0.2, -0.15) is 0 Å². The van der Waals surface area contributed by atoms with Crippen molar-refractivity contribution >= 4 is 17.3 Å². The summed E-state index contributed by atoms with van der Waals surface area (Å²) in [4.78, 5) is 11.9. The van der Waals surface area contributed by atoms with Crippen molar-refractivity contribution in [1.82, 2.24) is 5.32 Å². The number of nitrogen functional groups attached to an aromatic ring is 2. The second-order valence-electron chi connectivity index (χ2n) is 4.34. The van der Waals surface area contributed by atoms with Crippen LogP contribution in [-0.4, -0.2) is 24.2 Å². The molecule has 0 heterocycles. The summed E-state index contributed by atoms with van der Waals surface area (Å²) in [5.41, 5.74) is 12.7. The number of nitrogens with two attached hydrogens (primary N) is 2. The van der Waals surface area contributed by atoms with Crippen molar-refractivity contribution in [3.8, 4) is 0 Å². The standard InChI is InChI=1S/C13H21N3O2/c1-2-9(5-6-17)8-16-13(18)11-4-3-10(14)7-12(11)15/h3-4,7,9,17H,2,5-6,8,14-15H2,1H3,(H,16,18). The number of nitrogens with one attached hydrogen (secondary N) is 1. The second-order valence-corrected chi connectivity index (χ2v) is 4.34. The van der Waals surface area contributed by atoms with Gasteiger partial charge in [-0.1, -0.05) is 13.3 Å². The highest BCUT2D eigenvalue weighted by molar-refractivity contribution is 5.99. The van der Waals surface area contributed by atoms with Crippen molar-refractivity contribution in [3.63, 3.8) is 0 Å². The van der Waals surface area contributed by atoms with Gasteiger partial charge in [-0.25, -0.2) is 0 Å². The lowest BCUT2D eigenvalue weighted by molar-refractivity contribution is 0.0944. The zero-order chi connectivity index (χ0) is 13.5. The Bertz CT molecular complexity index is 407. The van der Waals surface area contributed by atoms with E-state index in [1.165, 1.54) is 0 Å². The molecule has 0 spiro atoms. The Morgan fingerprint density at radius 3 is 2.72 bits per heavy atom. The van der Waals surface area contributed by atoms with E-state index in [-0.39, 0.29) is 18.4 Å². The van der Waals surface area contributed by atoms with E-state index in [9.17, 15) is 4.79 Å². The SMILES string of the molecule is CCC(CCO)CNC(=O)c1ccc(N)cc1N. The topological polar surface area (TPSA) is 101 Å². The van der Waals surface area contributed by atoms with Crippen LogP contribution in [0.3, 0.4) is 0 Å². The van der Waals surface area contributed by atoms with Crippen molar-refractivity contribution in [2.75, 3.05) is 24.6 Å². The molecule has 100 valence electrons. The molecule has 5 heteroatoms. The molecule has 18 heavy (non-hydrogen) atoms. The maximum absolute atomic E-state index is 11.9. The van der Waals surface area contributed by atoms with Crippen molar-refractivity contribution in [3.05, 3.63) is 23.8 Å². The molecule has 0 saturated heterocycles. The average molecular weight is 251 g/mol. The molecule has 1 rings (SSSR count). The lowest BCUT2D eigenvalue weighted by Crippen LogP contribution is -2.30. The van der Waals surface area contributed by atoms with Crippen LogP contribution >= 0.6 is 0 Å². The fraction of sp³-hybridized carbons (Fsp3) is 0.462. The van der Waals surface area contributed by atoms with Crippen LogP contribution in [0.15, 0.2) is 18.2 Å². The molecular formula is C13H21N3O2. The summed E-state index contributed by atoms with van der Waals surface area (Å²) in [5, 5.41) is 11.7. The van der Waals surface area contributed by atoms with Crippen LogP contribution in [0.5, 0.6) is 0 Å². The summed E-state index contributed by atoms with van der Waals surface area (Å²) in [5.74, 6) is 0.0813. The number of hydrogen-bond acceptors (Lipinski definition) is 4. The molecule has 0 aliphatic carbocycles. The number of hydrogen-bond donors (Lipinski definition) is 4. The van der Waals surface area contributed by atoms with Crippen molar-refractivity contribution < 1.29 is 9.90 Å². The third kappa shape index (κ3) is 3.92. The maximum atomic E-state index is 11.9. The van der Waals surface area contributed by atoms with E-state index in [4.69, 9.17) is 16.6 Å². The highest BCUT2D eigenvalue weighted by Gasteiger charge is 2.12. The summed E-state index contributed by atoms with van der Waals surface area (Å²) >= 11 is 0. The van der Waals surface area contributed by atoms with Crippen LogP contribution in [0.2, 0.25) is 0 Å². The summed E-state index contributed by atoms with van der Waals surface area (Å²) < 4.78 is 0. The first-order chi connectivity index (χ1) is 8.58. The van der Waals surface area contributed by atoms with Crippen LogP contribution in [0.4, 0.5) is 11.4 Å². The summed E-state index contributed by atoms with van der Waals surface area (Å²) in [6.07, 6.45) is 1.60.